The molecule has 0 amide bonds. The van der Waals surface area contributed by atoms with Gasteiger partial charge in [-0.25, -0.2) is 4.98 Å². The molecule has 0 spiro atoms. The molecule has 2 atom stereocenters. The fourth-order valence-corrected chi connectivity index (χ4v) is 3.88. The zero-order valence-corrected chi connectivity index (χ0v) is 17.0. The van der Waals surface area contributed by atoms with Gasteiger partial charge in [0.05, 0.1) is 12.7 Å². The SMILES string of the molecule is OC1c2ccc(-c3nccnc3NSCC(F)(F)F)cc2OCC1Cc1ccccn1. The average Bonchev–Trinajstić information content (AvgIpc) is 2.76. The van der Waals surface area contributed by atoms with E-state index in [4.69, 9.17) is 4.74 Å². The third-order valence-electron chi connectivity index (χ3n) is 4.81. The van der Waals surface area contributed by atoms with Crippen LogP contribution in [0.15, 0.2) is 55.0 Å². The molecule has 0 aliphatic carbocycles. The fourth-order valence-electron chi connectivity index (χ4n) is 3.36. The van der Waals surface area contributed by atoms with Gasteiger partial charge < -0.3 is 14.6 Å². The van der Waals surface area contributed by atoms with Crippen LogP contribution in [0, 0.1) is 5.92 Å². The second kappa shape index (κ2) is 9.11. The first-order valence-corrected chi connectivity index (χ1v) is 10.5. The van der Waals surface area contributed by atoms with Crippen LogP contribution in [-0.4, -0.2) is 38.6 Å². The number of hydrogen-bond donors (Lipinski definition) is 2. The summed E-state index contributed by atoms with van der Waals surface area (Å²) in [5, 5.41) is 10.8. The van der Waals surface area contributed by atoms with Gasteiger partial charge in [0, 0.05) is 41.3 Å². The Morgan fingerprint density at radius 3 is 2.71 bits per heavy atom. The monoisotopic (exact) mass is 448 g/mol. The molecule has 2 unspecified atom stereocenters. The summed E-state index contributed by atoms with van der Waals surface area (Å²) in [4.78, 5) is 12.7. The highest BCUT2D eigenvalue weighted by Gasteiger charge is 2.31. The molecule has 0 radical (unpaired) electrons. The maximum absolute atomic E-state index is 12.4. The maximum atomic E-state index is 12.4. The van der Waals surface area contributed by atoms with Crippen LogP contribution in [0.5, 0.6) is 5.75 Å². The Morgan fingerprint density at radius 2 is 1.94 bits per heavy atom. The molecule has 31 heavy (non-hydrogen) atoms. The van der Waals surface area contributed by atoms with E-state index in [0.29, 0.717) is 47.5 Å². The van der Waals surface area contributed by atoms with Crippen molar-refractivity contribution in [2.75, 3.05) is 17.1 Å². The van der Waals surface area contributed by atoms with Gasteiger partial charge in [0.2, 0.25) is 0 Å². The first-order chi connectivity index (χ1) is 14.9. The van der Waals surface area contributed by atoms with Crippen molar-refractivity contribution in [3.63, 3.8) is 0 Å². The third kappa shape index (κ3) is 5.26. The number of aliphatic hydroxyl groups excluding tert-OH is 1. The smallest absolute Gasteiger partial charge is 0.399 e. The van der Waals surface area contributed by atoms with Crippen LogP contribution in [0.1, 0.15) is 17.4 Å². The molecule has 4 rings (SSSR count). The number of alkyl halides is 3. The number of rotatable bonds is 6. The minimum atomic E-state index is -4.29. The number of nitrogens with zero attached hydrogens (tertiary/aromatic N) is 3. The predicted octanol–water partition coefficient (Wildman–Crippen LogP) is 4.45. The summed E-state index contributed by atoms with van der Waals surface area (Å²) in [5.41, 5.74) is 2.55. The highest BCUT2D eigenvalue weighted by atomic mass is 32.2. The number of hydrogen-bond acceptors (Lipinski definition) is 7. The van der Waals surface area contributed by atoms with Gasteiger partial charge in [-0.3, -0.25) is 9.97 Å². The molecule has 1 aliphatic heterocycles. The zero-order valence-electron chi connectivity index (χ0n) is 16.2. The third-order valence-corrected chi connectivity index (χ3v) is 5.61. The molecule has 2 N–H and O–H groups in total. The summed E-state index contributed by atoms with van der Waals surface area (Å²) in [6.45, 7) is 0.321. The lowest BCUT2D eigenvalue weighted by Crippen LogP contribution is -2.28. The van der Waals surface area contributed by atoms with Crippen molar-refractivity contribution in [3.8, 4) is 17.0 Å². The van der Waals surface area contributed by atoms with Gasteiger partial charge in [-0.15, -0.1) is 0 Å². The number of fused-ring (bicyclic) bond motifs is 1. The maximum Gasteiger partial charge on any atom is 0.399 e. The molecule has 0 bridgehead atoms. The minimum absolute atomic E-state index is 0.138. The number of anilines is 1. The summed E-state index contributed by atoms with van der Waals surface area (Å²) in [6.07, 6.45) is 0.153. The fraction of sp³-hybridized carbons (Fsp3) is 0.286. The standard InChI is InChI=1S/C21H19F3N4O2S/c22-21(23,24)12-31-28-20-18(26-7-8-27-20)13-4-5-16-17(10-13)30-11-14(19(16)29)9-15-3-1-2-6-25-15/h1-8,10,14,19,29H,9,11-12H2,(H,27,28). The highest BCUT2D eigenvalue weighted by molar-refractivity contribution is 8.00. The largest absolute Gasteiger partial charge is 0.493 e. The molecule has 2 aromatic heterocycles. The van der Waals surface area contributed by atoms with Crippen LogP contribution >= 0.6 is 11.9 Å². The summed E-state index contributed by atoms with van der Waals surface area (Å²) in [7, 11) is 0. The van der Waals surface area contributed by atoms with E-state index in [9.17, 15) is 18.3 Å². The van der Waals surface area contributed by atoms with E-state index in [1.165, 1.54) is 12.4 Å². The predicted molar refractivity (Wildman–Crippen MR) is 111 cm³/mol. The molecule has 1 aliphatic rings. The summed E-state index contributed by atoms with van der Waals surface area (Å²) < 4.78 is 45.8. The Hall–Kier alpha value is -2.85. The van der Waals surface area contributed by atoms with E-state index in [1.807, 2.05) is 18.2 Å². The Balaban J connectivity index is 1.52. The average molecular weight is 448 g/mol. The number of aliphatic hydroxyl groups is 1. The van der Waals surface area contributed by atoms with Crippen molar-refractivity contribution in [3.05, 3.63) is 66.2 Å². The second-order valence-electron chi connectivity index (χ2n) is 7.05. The number of ether oxygens (including phenoxy) is 1. The topological polar surface area (TPSA) is 80.2 Å². The van der Waals surface area contributed by atoms with Crippen LogP contribution < -0.4 is 9.46 Å². The van der Waals surface area contributed by atoms with E-state index in [0.717, 1.165) is 5.69 Å². The van der Waals surface area contributed by atoms with Crippen LogP contribution in [0.4, 0.5) is 19.0 Å². The van der Waals surface area contributed by atoms with Crippen molar-refractivity contribution >= 4 is 17.8 Å². The minimum Gasteiger partial charge on any atom is -0.493 e. The Morgan fingerprint density at radius 1 is 1.10 bits per heavy atom. The molecular formula is C21H19F3N4O2S. The van der Waals surface area contributed by atoms with Crippen molar-refractivity contribution in [2.45, 2.75) is 18.7 Å². The molecule has 3 heterocycles. The van der Waals surface area contributed by atoms with Crippen LogP contribution in [-0.2, 0) is 6.42 Å². The van der Waals surface area contributed by atoms with Crippen LogP contribution in [0.25, 0.3) is 11.3 Å². The molecule has 3 aromatic rings. The number of pyridine rings is 1. The highest BCUT2D eigenvalue weighted by Crippen LogP contribution is 2.39. The summed E-state index contributed by atoms with van der Waals surface area (Å²) in [6, 6.07) is 10.9. The van der Waals surface area contributed by atoms with E-state index in [2.05, 4.69) is 19.7 Å². The zero-order chi connectivity index (χ0) is 21.8. The summed E-state index contributed by atoms with van der Waals surface area (Å²) in [5.74, 6) is -0.455. The number of halogens is 3. The van der Waals surface area contributed by atoms with Gasteiger partial charge in [0.1, 0.15) is 17.2 Å². The van der Waals surface area contributed by atoms with Crippen molar-refractivity contribution in [2.24, 2.45) is 5.92 Å². The molecule has 0 saturated carbocycles. The normalized spacial score (nSPS) is 18.2. The molecular weight excluding hydrogens is 429 g/mol. The molecule has 0 saturated heterocycles. The number of benzene rings is 1. The van der Waals surface area contributed by atoms with Crippen LogP contribution in [0.2, 0.25) is 0 Å². The van der Waals surface area contributed by atoms with E-state index < -0.39 is 18.0 Å². The number of aromatic nitrogens is 3. The lowest BCUT2D eigenvalue weighted by Gasteiger charge is -2.30. The van der Waals surface area contributed by atoms with Gasteiger partial charge in [0.15, 0.2) is 5.82 Å². The molecule has 0 fully saturated rings. The number of nitrogens with one attached hydrogen (secondary N) is 1. The second-order valence-corrected chi connectivity index (χ2v) is 7.83. The Kier molecular flexibility index (Phi) is 6.28. The molecule has 162 valence electrons. The molecule has 10 heteroatoms. The lowest BCUT2D eigenvalue weighted by atomic mass is 9.89. The molecule has 6 nitrogen and oxygen atoms in total. The Labute approximate surface area is 181 Å². The van der Waals surface area contributed by atoms with Gasteiger partial charge in [0.25, 0.3) is 0 Å². The molecule has 1 aromatic carbocycles. The van der Waals surface area contributed by atoms with Gasteiger partial charge in [-0.2, -0.15) is 13.2 Å². The van der Waals surface area contributed by atoms with Crippen molar-refractivity contribution < 1.29 is 23.0 Å². The van der Waals surface area contributed by atoms with E-state index in [1.54, 1.807) is 24.4 Å². The van der Waals surface area contributed by atoms with Gasteiger partial charge >= 0.3 is 6.18 Å². The van der Waals surface area contributed by atoms with Crippen molar-refractivity contribution in [1.82, 2.24) is 15.0 Å². The van der Waals surface area contributed by atoms with Crippen molar-refractivity contribution in [1.29, 1.82) is 0 Å². The summed E-state index contributed by atoms with van der Waals surface area (Å²) >= 11 is 0.498. The van der Waals surface area contributed by atoms with Gasteiger partial charge in [-0.05, 0) is 36.6 Å². The first kappa shape index (κ1) is 21.4. The lowest BCUT2D eigenvalue weighted by molar-refractivity contribution is -0.105. The van der Waals surface area contributed by atoms with E-state index in [-0.39, 0.29) is 11.7 Å². The Bertz CT molecular complexity index is 1040. The van der Waals surface area contributed by atoms with Gasteiger partial charge in [-0.1, -0.05) is 18.2 Å². The van der Waals surface area contributed by atoms with Crippen LogP contribution in [0.3, 0.4) is 0 Å². The van der Waals surface area contributed by atoms with E-state index >= 15 is 0 Å². The quantitative estimate of drug-likeness (QED) is 0.540. The first-order valence-electron chi connectivity index (χ1n) is 9.51.